The first-order valence-corrected chi connectivity index (χ1v) is 12.8. The Morgan fingerprint density at radius 2 is 1.87 bits per heavy atom. The zero-order valence-electron chi connectivity index (χ0n) is 20.1. The molecule has 1 aliphatic rings. The van der Waals surface area contributed by atoms with Crippen LogP contribution in [-0.2, 0) is 24.8 Å². The highest BCUT2D eigenvalue weighted by Gasteiger charge is 2.60. The topological polar surface area (TPSA) is 63.1 Å². The van der Waals surface area contributed by atoms with E-state index in [1.165, 1.54) is 0 Å². The Kier molecular flexibility index (Phi) is 6.19. The van der Waals surface area contributed by atoms with Crippen molar-refractivity contribution < 1.29 is 8.90 Å². The summed E-state index contributed by atoms with van der Waals surface area (Å²) < 4.78 is 19.0. The Morgan fingerprint density at radius 3 is 2.42 bits per heavy atom. The van der Waals surface area contributed by atoms with Crippen molar-refractivity contribution in [3.8, 4) is 0 Å². The Balaban J connectivity index is 1.93. The molecule has 31 heavy (non-hydrogen) atoms. The van der Waals surface area contributed by atoms with Gasteiger partial charge in [0, 0.05) is 38.3 Å². The molecule has 3 rings (SSSR count). The predicted octanol–water partition coefficient (Wildman–Crippen LogP) is 3.92. The quantitative estimate of drug-likeness (QED) is 0.572. The second-order valence-corrected chi connectivity index (χ2v) is 15.5. The van der Waals surface area contributed by atoms with E-state index in [1.54, 1.807) is 23.1 Å². The van der Waals surface area contributed by atoms with E-state index < -0.39 is 18.5 Å². The summed E-state index contributed by atoms with van der Waals surface area (Å²) in [6.45, 7) is 15.2. The smallest absolute Gasteiger partial charge is 0.306 e. The van der Waals surface area contributed by atoms with Gasteiger partial charge in [0.25, 0.3) is 0 Å². The fraction of sp³-hybridized carbons (Fsp3) is 0.609. The molecule has 1 unspecified atom stereocenters. The van der Waals surface area contributed by atoms with E-state index in [2.05, 4.69) is 15.2 Å². The first-order chi connectivity index (χ1) is 14.3. The summed E-state index contributed by atoms with van der Waals surface area (Å²) in [6, 6.07) is 3.27. The second kappa shape index (κ2) is 8.13. The molecule has 0 fully saturated rings. The third kappa shape index (κ3) is 4.19. The van der Waals surface area contributed by atoms with Crippen molar-refractivity contribution in [3.05, 3.63) is 35.8 Å². The lowest BCUT2D eigenvalue weighted by Crippen LogP contribution is -2.61. The first kappa shape index (κ1) is 23.6. The number of fused-ring (bicyclic) bond motifs is 1. The van der Waals surface area contributed by atoms with Gasteiger partial charge >= 0.3 is 8.41 Å². The molecule has 0 bridgehead atoms. The number of pyridine rings is 1. The van der Waals surface area contributed by atoms with Crippen LogP contribution in [0.1, 0.15) is 59.7 Å². The molecule has 0 radical (unpaired) electrons. The van der Waals surface area contributed by atoms with E-state index in [0.29, 0.717) is 18.7 Å². The van der Waals surface area contributed by atoms with Gasteiger partial charge in [0.05, 0.1) is 28.9 Å². The van der Waals surface area contributed by atoms with E-state index in [1.807, 2.05) is 61.6 Å². The van der Waals surface area contributed by atoms with Crippen molar-refractivity contribution in [1.29, 1.82) is 0 Å². The molecule has 0 saturated heterocycles. The Labute approximate surface area is 186 Å². The summed E-state index contributed by atoms with van der Waals surface area (Å²) in [5.41, 5.74) is 2.63. The van der Waals surface area contributed by atoms with Crippen molar-refractivity contribution in [3.63, 3.8) is 0 Å². The van der Waals surface area contributed by atoms with Crippen LogP contribution in [0.15, 0.2) is 24.5 Å². The molecule has 1 N–H and O–H groups in total. The van der Waals surface area contributed by atoms with Gasteiger partial charge in [-0.05, 0) is 29.1 Å². The number of nitrogens with one attached hydrogen (secondary N) is 1. The van der Waals surface area contributed by atoms with Gasteiger partial charge in [-0.15, -0.1) is 0 Å². The summed E-state index contributed by atoms with van der Waals surface area (Å²) in [7, 11) is -1.62. The number of rotatable bonds is 4. The fourth-order valence-corrected chi connectivity index (χ4v) is 9.77. The van der Waals surface area contributed by atoms with Gasteiger partial charge < -0.3 is 9.42 Å². The highest BCUT2D eigenvalue weighted by atomic mass is 28.4. The minimum absolute atomic E-state index is 0.0858. The van der Waals surface area contributed by atoms with Crippen LogP contribution in [0.3, 0.4) is 0 Å². The SMILES string of the molecule is CC(C(=O)Nc1cccnc1)N1CCc2nn(C)c([Si](F)(C(C)(C)C)C(C)(C)C)c2C1. The van der Waals surface area contributed by atoms with Crippen molar-refractivity contribution >= 4 is 25.3 Å². The molecule has 3 heterocycles. The van der Waals surface area contributed by atoms with Crippen LogP contribution in [0.25, 0.3) is 0 Å². The third-order valence-corrected chi connectivity index (χ3v) is 11.9. The minimum atomic E-state index is -3.49. The number of amides is 1. The Morgan fingerprint density at radius 1 is 1.23 bits per heavy atom. The molecule has 1 atom stereocenters. The van der Waals surface area contributed by atoms with Crippen LogP contribution < -0.4 is 10.6 Å². The highest BCUT2D eigenvalue weighted by molar-refractivity contribution is 6.90. The van der Waals surface area contributed by atoms with Crippen LogP contribution in [0, 0.1) is 0 Å². The van der Waals surface area contributed by atoms with E-state index in [0.717, 1.165) is 23.1 Å². The van der Waals surface area contributed by atoms with Crippen molar-refractivity contribution in [2.45, 2.75) is 77.6 Å². The molecular formula is C23H36FN5OSi. The van der Waals surface area contributed by atoms with Gasteiger partial charge in [-0.2, -0.15) is 5.10 Å². The normalized spacial score (nSPS) is 16.7. The number of hydrogen-bond donors (Lipinski definition) is 1. The largest absolute Gasteiger partial charge is 0.323 e. The average Bonchev–Trinajstić information content (AvgIpc) is 3.00. The molecule has 0 aliphatic carbocycles. The predicted molar refractivity (Wildman–Crippen MR) is 126 cm³/mol. The summed E-state index contributed by atoms with van der Waals surface area (Å²) in [5, 5.41) is 7.45. The van der Waals surface area contributed by atoms with Crippen LogP contribution in [0.5, 0.6) is 0 Å². The van der Waals surface area contributed by atoms with Crippen molar-refractivity contribution in [1.82, 2.24) is 19.7 Å². The van der Waals surface area contributed by atoms with Crippen LogP contribution >= 0.6 is 0 Å². The number of hydrogen-bond acceptors (Lipinski definition) is 4. The van der Waals surface area contributed by atoms with E-state index >= 15 is 4.11 Å². The van der Waals surface area contributed by atoms with E-state index in [4.69, 9.17) is 5.10 Å². The number of carbonyl (C=O) groups excluding carboxylic acids is 1. The number of aryl methyl sites for hydroxylation is 1. The molecule has 2 aromatic rings. The van der Waals surface area contributed by atoms with Gasteiger partial charge in [0.15, 0.2) is 0 Å². The number of carbonyl (C=O) groups is 1. The number of nitrogens with zero attached hydrogens (tertiary/aromatic N) is 4. The maximum absolute atomic E-state index is 17.2. The second-order valence-electron chi connectivity index (χ2n) is 10.7. The van der Waals surface area contributed by atoms with Crippen molar-refractivity contribution in [2.75, 3.05) is 11.9 Å². The number of anilines is 1. The molecule has 1 amide bonds. The Bertz CT molecular complexity index is 931. The standard InChI is InChI=1S/C23H36FN5OSi/c1-16(20(30)26-17-10-9-12-25-14-17)29-13-11-19-18(15-29)21(28(8)27-19)31(24,22(2,3)4)23(5,6)7/h9-10,12,14,16H,11,13,15H2,1-8H3,(H,26,30). The van der Waals surface area contributed by atoms with E-state index in [-0.39, 0.29) is 11.9 Å². The fourth-order valence-electron chi connectivity index (χ4n) is 4.97. The molecule has 0 saturated carbocycles. The molecule has 8 heteroatoms. The van der Waals surface area contributed by atoms with Crippen LogP contribution in [-0.4, -0.2) is 46.6 Å². The molecule has 6 nitrogen and oxygen atoms in total. The zero-order valence-corrected chi connectivity index (χ0v) is 21.1. The van der Waals surface area contributed by atoms with E-state index in [9.17, 15) is 4.79 Å². The lowest BCUT2D eigenvalue weighted by Gasteiger charge is -2.45. The van der Waals surface area contributed by atoms with Crippen LogP contribution in [0.4, 0.5) is 9.80 Å². The Hall–Kier alpha value is -2.06. The zero-order chi connectivity index (χ0) is 23.2. The molecule has 170 valence electrons. The van der Waals surface area contributed by atoms with Gasteiger partial charge in [0.1, 0.15) is 0 Å². The summed E-state index contributed by atoms with van der Waals surface area (Å²) in [6.07, 6.45) is 4.02. The third-order valence-electron chi connectivity index (χ3n) is 6.48. The maximum Gasteiger partial charge on any atom is 0.306 e. The molecular weight excluding hydrogens is 409 g/mol. The summed E-state index contributed by atoms with van der Waals surface area (Å²) in [4.78, 5) is 19.0. The van der Waals surface area contributed by atoms with Crippen LogP contribution in [0.2, 0.25) is 10.1 Å². The number of halogens is 1. The minimum Gasteiger partial charge on any atom is -0.323 e. The lowest BCUT2D eigenvalue weighted by molar-refractivity contribution is -0.121. The molecule has 0 spiro atoms. The molecule has 0 aromatic carbocycles. The maximum atomic E-state index is 17.2. The van der Waals surface area contributed by atoms with Crippen molar-refractivity contribution in [2.24, 2.45) is 7.05 Å². The van der Waals surface area contributed by atoms with Gasteiger partial charge in [0.2, 0.25) is 5.91 Å². The lowest BCUT2D eigenvalue weighted by atomic mass is 10.1. The van der Waals surface area contributed by atoms with Gasteiger partial charge in [-0.25, -0.2) is 0 Å². The average molecular weight is 446 g/mol. The number of aromatic nitrogens is 3. The monoisotopic (exact) mass is 445 g/mol. The molecule has 2 aromatic heterocycles. The summed E-state index contributed by atoms with van der Waals surface area (Å²) in [5.74, 6) is -0.0858. The van der Waals surface area contributed by atoms with Gasteiger partial charge in [-0.3, -0.25) is 19.4 Å². The molecule has 1 aliphatic heterocycles. The van der Waals surface area contributed by atoms with Gasteiger partial charge in [-0.1, -0.05) is 41.5 Å². The first-order valence-electron chi connectivity index (χ1n) is 11.0. The summed E-state index contributed by atoms with van der Waals surface area (Å²) >= 11 is 0. The highest BCUT2D eigenvalue weighted by Crippen LogP contribution is 2.52.